The van der Waals surface area contributed by atoms with Gasteiger partial charge >= 0.3 is 5.97 Å². The highest BCUT2D eigenvalue weighted by Crippen LogP contribution is 2.13. The highest BCUT2D eigenvalue weighted by Gasteiger charge is 2.12. The van der Waals surface area contributed by atoms with Gasteiger partial charge in [0.15, 0.2) is 0 Å². The lowest BCUT2D eigenvalue weighted by Crippen LogP contribution is -2.34. The molecule has 0 unspecified atom stereocenters. The Kier molecular flexibility index (Phi) is 19.9. The molecule has 0 aliphatic heterocycles. The molecule has 0 spiro atoms. The van der Waals surface area contributed by atoms with Gasteiger partial charge in [-0.15, -0.1) is 0 Å². The molecule has 5 nitrogen and oxygen atoms in total. The summed E-state index contributed by atoms with van der Waals surface area (Å²) < 4.78 is 5.26. The van der Waals surface area contributed by atoms with E-state index in [2.05, 4.69) is 6.92 Å². The summed E-state index contributed by atoms with van der Waals surface area (Å²) in [6.07, 6.45) is 19.7. The lowest BCUT2D eigenvalue weighted by Gasteiger charge is -2.16. The van der Waals surface area contributed by atoms with Gasteiger partial charge in [-0.3, -0.25) is 19.3 Å². The number of carbonyl (C=O) groups excluding carboxylic acids is 3. The van der Waals surface area contributed by atoms with Crippen molar-refractivity contribution in [2.24, 2.45) is 0 Å². The normalized spacial score (nSPS) is 10.8. The van der Waals surface area contributed by atoms with Crippen LogP contribution in [0.3, 0.4) is 0 Å². The molecule has 0 heterocycles. The molecule has 0 saturated carbocycles. The maximum atomic E-state index is 11.7. The molecule has 0 bridgehead atoms. The fourth-order valence-electron chi connectivity index (χ4n) is 3.63. The van der Waals surface area contributed by atoms with Crippen molar-refractivity contribution in [3.8, 4) is 0 Å². The fourth-order valence-corrected chi connectivity index (χ4v) is 3.63. The average Bonchev–Trinajstić information content (AvgIpc) is 2.70. The number of amides is 2. The number of unbranched alkanes of at least 4 members (excludes halogenated alkanes) is 14. The molecule has 0 saturated heterocycles. The van der Waals surface area contributed by atoms with Crippen LogP contribution in [-0.2, 0) is 19.1 Å². The van der Waals surface area contributed by atoms with Gasteiger partial charge in [0.2, 0.25) is 11.8 Å². The number of imide groups is 1. The number of carbonyl (C=O) groups is 3. The zero-order valence-corrected chi connectivity index (χ0v) is 20.0. The summed E-state index contributed by atoms with van der Waals surface area (Å²) in [6, 6.07) is 0. The van der Waals surface area contributed by atoms with Gasteiger partial charge in [0.25, 0.3) is 0 Å². The SMILES string of the molecule is CCCCCCCCCCCCCCCC(=O)OCCCCCN(C(C)=O)C(C)=O. The Labute approximate surface area is 185 Å². The van der Waals surface area contributed by atoms with E-state index < -0.39 is 0 Å². The van der Waals surface area contributed by atoms with Crippen LogP contribution in [0, 0.1) is 0 Å². The number of ether oxygens (including phenoxy) is 1. The van der Waals surface area contributed by atoms with Gasteiger partial charge in [0.1, 0.15) is 0 Å². The minimum Gasteiger partial charge on any atom is -0.466 e. The van der Waals surface area contributed by atoms with Crippen LogP contribution in [0.15, 0.2) is 0 Å². The molecule has 0 aliphatic carbocycles. The second-order valence-electron chi connectivity index (χ2n) is 8.46. The first-order valence-electron chi connectivity index (χ1n) is 12.4. The van der Waals surface area contributed by atoms with E-state index in [0.717, 1.165) is 32.1 Å². The van der Waals surface area contributed by atoms with E-state index in [-0.39, 0.29) is 17.8 Å². The minimum atomic E-state index is -0.216. The van der Waals surface area contributed by atoms with E-state index in [1.165, 1.54) is 89.4 Å². The van der Waals surface area contributed by atoms with E-state index in [9.17, 15) is 14.4 Å². The topological polar surface area (TPSA) is 63.7 Å². The monoisotopic (exact) mass is 425 g/mol. The number of hydrogen-bond acceptors (Lipinski definition) is 4. The molecule has 0 aromatic carbocycles. The number of nitrogens with zero attached hydrogens (tertiary/aromatic N) is 1. The summed E-state index contributed by atoms with van der Waals surface area (Å²) in [7, 11) is 0. The Morgan fingerprint density at radius 1 is 0.600 bits per heavy atom. The maximum Gasteiger partial charge on any atom is 0.305 e. The summed E-state index contributed by atoms with van der Waals surface area (Å²) >= 11 is 0. The third kappa shape index (κ3) is 18.6. The molecule has 5 heteroatoms. The van der Waals surface area contributed by atoms with Crippen LogP contribution in [-0.4, -0.2) is 35.8 Å². The van der Waals surface area contributed by atoms with Crippen LogP contribution >= 0.6 is 0 Å². The average molecular weight is 426 g/mol. The Bertz CT molecular complexity index is 436. The Balaban J connectivity index is 3.35. The smallest absolute Gasteiger partial charge is 0.305 e. The van der Waals surface area contributed by atoms with Gasteiger partial charge in [-0.2, -0.15) is 0 Å². The first kappa shape index (κ1) is 28.6. The lowest BCUT2D eigenvalue weighted by molar-refractivity contribution is -0.144. The maximum absolute atomic E-state index is 11.7. The zero-order chi connectivity index (χ0) is 22.5. The van der Waals surface area contributed by atoms with Crippen molar-refractivity contribution in [3.05, 3.63) is 0 Å². The summed E-state index contributed by atoms with van der Waals surface area (Å²) in [4.78, 5) is 35.6. The van der Waals surface area contributed by atoms with Gasteiger partial charge in [-0.25, -0.2) is 0 Å². The number of rotatable bonds is 20. The molecule has 0 aromatic rings. The largest absolute Gasteiger partial charge is 0.466 e. The molecule has 0 radical (unpaired) electrons. The molecule has 0 rings (SSSR count). The summed E-state index contributed by atoms with van der Waals surface area (Å²) in [5, 5.41) is 0. The third-order valence-electron chi connectivity index (χ3n) is 5.53. The quantitative estimate of drug-likeness (QED) is 0.163. The predicted molar refractivity (Wildman–Crippen MR) is 123 cm³/mol. The summed E-state index contributed by atoms with van der Waals surface area (Å²) in [5.74, 6) is -0.536. The standard InChI is InChI=1S/C25H47NO4/c1-4-5-6-7-8-9-10-11-12-13-14-15-17-20-25(29)30-22-19-16-18-21-26(23(2)27)24(3)28/h4-22H2,1-3H3. The Morgan fingerprint density at radius 3 is 1.50 bits per heavy atom. The third-order valence-corrected chi connectivity index (χ3v) is 5.53. The Morgan fingerprint density at radius 2 is 1.03 bits per heavy atom. The minimum absolute atomic E-state index is 0.104. The van der Waals surface area contributed by atoms with Crippen molar-refractivity contribution in [2.45, 2.75) is 130 Å². The Hall–Kier alpha value is -1.39. The molecule has 2 amide bonds. The van der Waals surface area contributed by atoms with Gasteiger partial charge in [0.05, 0.1) is 6.61 Å². The van der Waals surface area contributed by atoms with Crippen molar-refractivity contribution in [1.82, 2.24) is 4.90 Å². The van der Waals surface area contributed by atoms with Gasteiger partial charge in [-0.1, -0.05) is 84.0 Å². The predicted octanol–water partition coefficient (Wildman–Crippen LogP) is 6.58. The van der Waals surface area contributed by atoms with Crippen LogP contribution < -0.4 is 0 Å². The van der Waals surface area contributed by atoms with Crippen molar-refractivity contribution in [3.63, 3.8) is 0 Å². The molecule has 0 N–H and O–H groups in total. The van der Waals surface area contributed by atoms with E-state index in [4.69, 9.17) is 4.74 Å². The molecule has 0 fully saturated rings. The molecule has 30 heavy (non-hydrogen) atoms. The van der Waals surface area contributed by atoms with Gasteiger partial charge in [0, 0.05) is 26.8 Å². The molecule has 0 atom stereocenters. The second kappa shape index (κ2) is 20.9. The first-order chi connectivity index (χ1) is 14.5. The van der Waals surface area contributed by atoms with Gasteiger partial charge in [-0.05, 0) is 25.7 Å². The first-order valence-corrected chi connectivity index (χ1v) is 12.4. The summed E-state index contributed by atoms with van der Waals surface area (Å²) in [6.45, 7) is 5.94. The van der Waals surface area contributed by atoms with Crippen molar-refractivity contribution >= 4 is 17.8 Å². The molecule has 0 aromatic heterocycles. The van der Waals surface area contributed by atoms with Crippen LogP contribution in [0.25, 0.3) is 0 Å². The highest BCUT2D eigenvalue weighted by atomic mass is 16.5. The number of esters is 1. The van der Waals surface area contributed by atoms with Crippen LogP contribution in [0.1, 0.15) is 130 Å². The number of hydrogen-bond donors (Lipinski definition) is 0. The van der Waals surface area contributed by atoms with Crippen molar-refractivity contribution in [2.75, 3.05) is 13.2 Å². The van der Waals surface area contributed by atoms with E-state index in [1.807, 2.05) is 0 Å². The van der Waals surface area contributed by atoms with Crippen LogP contribution in [0.5, 0.6) is 0 Å². The second-order valence-corrected chi connectivity index (χ2v) is 8.46. The zero-order valence-electron chi connectivity index (χ0n) is 20.0. The molecule has 0 aliphatic rings. The van der Waals surface area contributed by atoms with Crippen LogP contribution in [0.2, 0.25) is 0 Å². The molecular weight excluding hydrogens is 378 g/mol. The molecular formula is C25H47NO4. The van der Waals surface area contributed by atoms with Crippen LogP contribution in [0.4, 0.5) is 0 Å². The van der Waals surface area contributed by atoms with Crippen molar-refractivity contribution in [1.29, 1.82) is 0 Å². The highest BCUT2D eigenvalue weighted by molar-refractivity contribution is 5.92. The van der Waals surface area contributed by atoms with E-state index >= 15 is 0 Å². The van der Waals surface area contributed by atoms with E-state index in [0.29, 0.717) is 19.6 Å². The van der Waals surface area contributed by atoms with Crippen molar-refractivity contribution < 1.29 is 19.1 Å². The van der Waals surface area contributed by atoms with E-state index in [1.54, 1.807) is 0 Å². The van der Waals surface area contributed by atoms with Gasteiger partial charge < -0.3 is 4.74 Å². The fraction of sp³-hybridized carbons (Fsp3) is 0.880. The summed E-state index contributed by atoms with van der Waals surface area (Å²) in [5.41, 5.74) is 0. The molecule has 176 valence electrons. The lowest BCUT2D eigenvalue weighted by atomic mass is 10.0.